The second-order valence-corrected chi connectivity index (χ2v) is 5.81. The van der Waals surface area contributed by atoms with Crippen molar-refractivity contribution < 1.29 is 10.2 Å². The van der Waals surface area contributed by atoms with Crippen LogP contribution in [-0.2, 0) is 0 Å². The Bertz CT molecular complexity index is 354. The molecule has 1 aromatic carbocycles. The molecule has 0 aromatic heterocycles. The van der Waals surface area contributed by atoms with Crippen LogP contribution < -0.4 is 5.32 Å². The summed E-state index contributed by atoms with van der Waals surface area (Å²) in [6, 6.07) is 7.73. The lowest BCUT2D eigenvalue weighted by molar-refractivity contribution is 0.170. The van der Waals surface area contributed by atoms with Crippen molar-refractivity contribution in [2.24, 2.45) is 5.92 Å². The first-order valence-electron chi connectivity index (χ1n) is 6.92. The summed E-state index contributed by atoms with van der Waals surface area (Å²) >= 11 is 3.40. The number of halogens is 1. The summed E-state index contributed by atoms with van der Waals surface area (Å²) in [5, 5.41) is 22.4. The van der Waals surface area contributed by atoms with E-state index in [2.05, 4.69) is 28.2 Å². The van der Waals surface area contributed by atoms with E-state index in [1.807, 2.05) is 24.3 Å². The Labute approximate surface area is 124 Å². The predicted octanol–water partition coefficient (Wildman–Crippen LogP) is 2.87. The van der Waals surface area contributed by atoms with Gasteiger partial charge in [0.1, 0.15) is 0 Å². The van der Waals surface area contributed by atoms with Gasteiger partial charge in [0.25, 0.3) is 0 Å². The Morgan fingerprint density at radius 2 is 2.05 bits per heavy atom. The number of hydrogen-bond donors (Lipinski definition) is 3. The Morgan fingerprint density at radius 1 is 1.26 bits per heavy atom. The molecule has 0 saturated heterocycles. The van der Waals surface area contributed by atoms with E-state index in [0.717, 1.165) is 35.8 Å². The van der Waals surface area contributed by atoms with Crippen molar-refractivity contribution in [3.8, 4) is 0 Å². The van der Waals surface area contributed by atoms with Gasteiger partial charge in [0, 0.05) is 17.6 Å². The molecule has 0 heterocycles. The first kappa shape index (κ1) is 16.6. The highest BCUT2D eigenvalue weighted by molar-refractivity contribution is 9.10. The molecule has 0 amide bonds. The van der Waals surface area contributed by atoms with Crippen LogP contribution in [0.3, 0.4) is 0 Å². The van der Waals surface area contributed by atoms with Gasteiger partial charge in [0.05, 0.1) is 6.10 Å². The Hall–Kier alpha value is -0.420. The van der Waals surface area contributed by atoms with Crippen LogP contribution in [-0.4, -0.2) is 29.9 Å². The maximum absolute atomic E-state index is 10.1. The Morgan fingerprint density at radius 3 is 2.68 bits per heavy atom. The SMILES string of the molecule is CCCC(CCO)CNCC(O)c1cccc(Br)c1. The fourth-order valence-corrected chi connectivity index (χ4v) is 2.61. The van der Waals surface area contributed by atoms with Gasteiger partial charge in [-0.1, -0.05) is 41.4 Å². The molecule has 0 aliphatic rings. The lowest BCUT2D eigenvalue weighted by Gasteiger charge is -2.18. The summed E-state index contributed by atoms with van der Waals surface area (Å²) in [5.41, 5.74) is 0.913. The summed E-state index contributed by atoms with van der Waals surface area (Å²) in [5.74, 6) is 0.490. The van der Waals surface area contributed by atoms with Crippen molar-refractivity contribution >= 4 is 15.9 Å². The molecule has 2 atom stereocenters. The molecule has 0 aliphatic carbocycles. The van der Waals surface area contributed by atoms with Crippen LogP contribution in [0.4, 0.5) is 0 Å². The van der Waals surface area contributed by atoms with E-state index in [-0.39, 0.29) is 6.61 Å². The molecule has 2 unspecified atom stereocenters. The van der Waals surface area contributed by atoms with Gasteiger partial charge in [-0.05, 0) is 43.0 Å². The van der Waals surface area contributed by atoms with Crippen LogP contribution in [0.15, 0.2) is 28.7 Å². The lowest BCUT2D eigenvalue weighted by atomic mass is 10.00. The van der Waals surface area contributed by atoms with Crippen molar-refractivity contribution in [2.45, 2.75) is 32.3 Å². The van der Waals surface area contributed by atoms with E-state index in [4.69, 9.17) is 5.11 Å². The number of aliphatic hydroxyl groups excluding tert-OH is 2. The topological polar surface area (TPSA) is 52.5 Å². The third-order valence-corrected chi connectivity index (χ3v) is 3.73. The van der Waals surface area contributed by atoms with Crippen LogP contribution in [0.2, 0.25) is 0 Å². The molecule has 0 saturated carbocycles. The first-order valence-corrected chi connectivity index (χ1v) is 7.71. The van der Waals surface area contributed by atoms with E-state index in [1.165, 1.54) is 0 Å². The van der Waals surface area contributed by atoms with E-state index >= 15 is 0 Å². The second kappa shape index (κ2) is 9.48. The number of rotatable bonds is 9. The van der Waals surface area contributed by atoms with E-state index in [1.54, 1.807) is 0 Å². The third kappa shape index (κ3) is 6.52. The van der Waals surface area contributed by atoms with Gasteiger partial charge in [0.2, 0.25) is 0 Å². The zero-order valence-electron chi connectivity index (χ0n) is 11.5. The summed E-state index contributed by atoms with van der Waals surface area (Å²) in [6.45, 7) is 3.78. The van der Waals surface area contributed by atoms with Gasteiger partial charge in [0.15, 0.2) is 0 Å². The molecule has 1 rings (SSSR count). The molecule has 0 bridgehead atoms. The monoisotopic (exact) mass is 329 g/mol. The largest absolute Gasteiger partial charge is 0.396 e. The van der Waals surface area contributed by atoms with Gasteiger partial charge >= 0.3 is 0 Å². The highest BCUT2D eigenvalue weighted by Crippen LogP contribution is 2.18. The highest BCUT2D eigenvalue weighted by atomic mass is 79.9. The maximum atomic E-state index is 10.1. The molecule has 108 valence electrons. The lowest BCUT2D eigenvalue weighted by Crippen LogP contribution is -2.28. The molecule has 3 nitrogen and oxygen atoms in total. The Kier molecular flexibility index (Phi) is 8.30. The van der Waals surface area contributed by atoms with Crippen LogP contribution in [0.25, 0.3) is 0 Å². The minimum atomic E-state index is -0.492. The normalized spacial score (nSPS) is 14.3. The summed E-state index contributed by atoms with van der Waals surface area (Å²) in [7, 11) is 0. The summed E-state index contributed by atoms with van der Waals surface area (Å²) in [4.78, 5) is 0. The molecule has 19 heavy (non-hydrogen) atoms. The van der Waals surface area contributed by atoms with Crippen molar-refractivity contribution in [1.82, 2.24) is 5.32 Å². The number of hydrogen-bond acceptors (Lipinski definition) is 3. The van der Waals surface area contributed by atoms with Crippen LogP contribution in [0.5, 0.6) is 0 Å². The standard InChI is InChI=1S/C15H24BrNO2/c1-2-4-12(7-8-18)10-17-11-15(19)13-5-3-6-14(16)9-13/h3,5-6,9,12,15,17-19H,2,4,7-8,10-11H2,1H3. The molecule has 1 aromatic rings. The molecule has 3 N–H and O–H groups in total. The number of nitrogens with one attached hydrogen (secondary N) is 1. The third-order valence-electron chi connectivity index (χ3n) is 3.24. The predicted molar refractivity (Wildman–Crippen MR) is 82.1 cm³/mol. The van der Waals surface area contributed by atoms with Gasteiger partial charge in [-0.3, -0.25) is 0 Å². The molecule has 0 spiro atoms. The molecular weight excluding hydrogens is 306 g/mol. The van der Waals surface area contributed by atoms with Crippen molar-refractivity contribution in [3.63, 3.8) is 0 Å². The fraction of sp³-hybridized carbons (Fsp3) is 0.600. The van der Waals surface area contributed by atoms with Crippen LogP contribution in [0, 0.1) is 5.92 Å². The molecule has 4 heteroatoms. The van der Waals surface area contributed by atoms with E-state index in [0.29, 0.717) is 12.5 Å². The second-order valence-electron chi connectivity index (χ2n) is 4.90. The summed E-state index contributed by atoms with van der Waals surface area (Å²) < 4.78 is 0.980. The van der Waals surface area contributed by atoms with Gasteiger partial charge < -0.3 is 15.5 Å². The van der Waals surface area contributed by atoms with Gasteiger partial charge in [-0.15, -0.1) is 0 Å². The molecule has 0 radical (unpaired) electrons. The number of benzene rings is 1. The maximum Gasteiger partial charge on any atom is 0.0914 e. The molecule has 0 fully saturated rings. The van der Waals surface area contributed by atoms with Gasteiger partial charge in [-0.2, -0.15) is 0 Å². The van der Waals surface area contributed by atoms with E-state index in [9.17, 15) is 5.11 Å². The molecule has 0 aliphatic heterocycles. The Balaban J connectivity index is 2.35. The highest BCUT2D eigenvalue weighted by Gasteiger charge is 2.10. The van der Waals surface area contributed by atoms with Crippen molar-refractivity contribution in [3.05, 3.63) is 34.3 Å². The zero-order chi connectivity index (χ0) is 14.1. The fourth-order valence-electron chi connectivity index (χ4n) is 2.20. The minimum absolute atomic E-state index is 0.237. The van der Waals surface area contributed by atoms with Crippen LogP contribution in [0.1, 0.15) is 37.9 Å². The average molecular weight is 330 g/mol. The van der Waals surface area contributed by atoms with Gasteiger partial charge in [-0.25, -0.2) is 0 Å². The minimum Gasteiger partial charge on any atom is -0.396 e. The molecular formula is C15H24BrNO2. The first-order chi connectivity index (χ1) is 9.17. The van der Waals surface area contributed by atoms with Crippen LogP contribution >= 0.6 is 15.9 Å². The number of aliphatic hydroxyl groups is 2. The van der Waals surface area contributed by atoms with Crippen molar-refractivity contribution in [1.29, 1.82) is 0 Å². The smallest absolute Gasteiger partial charge is 0.0914 e. The van der Waals surface area contributed by atoms with E-state index < -0.39 is 6.10 Å². The van der Waals surface area contributed by atoms with Crippen molar-refractivity contribution in [2.75, 3.05) is 19.7 Å². The quantitative estimate of drug-likeness (QED) is 0.653. The zero-order valence-corrected chi connectivity index (χ0v) is 13.1. The average Bonchev–Trinajstić information content (AvgIpc) is 2.39. The summed E-state index contributed by atoms with van der Waals surface area (Å²) in [6.07, 6.45) is 2.57.